The number of carbonyl (C=O) groups excluding carboxylic acids is 1. The van der Waals surface area contributed by atoms with Gasteiger partial charge in [-0.05, 0) is 55.1 Å². The van der Waals surface area contributed by atoms with Crippen molar-refractivity contribution >= 4 is 5.91 Å². The molecule has 0 aliphatic carbocycles. The van der Waals surface area contributed by atoms with Crippen molar-refractivity contribution in [2.24, 2.45) is 5.92 Å². The van der Waals surface area contributed by atoms with E-state index in [4.69, 9.17) is 4.74 Å². The van der Waals surface area contributed by atoms with Crippen molar-refractivity contribution in [1.82, 2.24) is 10.6 Å². The van der Waals surface area contributed by atoms with Crippen molar-refractivity contribution in [3.63, 3.8) is 0 Å². The first-order valence-corrected chi connectivity index (χ1v) is 10.9. The van der Waals surface area contributed by atoms with Crippen LogP contribution in [0.5, 0.6) is 0 Å². The van der Waals surface area contributed by atoms with Gasteiger partial charge >= 0.3 is 12.4 Å². The Bertz CT molecular complexity index is 935. The normalized spacial score (nSPS) is 16.3. The summed E-state index contributed by atoms with van der Waals surface area (Å²) in [7, 11) is 0. The fourth-order valence-corrected chi connectivity index (χ4v) is 4.02. The van der Waals surface area contributed by atoms with Gasteiger partial charge in [0, 0.05) is 19.0 Å². The average Bonchev–Trinajstić information content (AvgIpc) is 2.78. The maximum absolute atomic E-state index is 14.1. The summed E-state index contributed by atoms with van der Waals surface area (Å²) in [5.41, 5.74) is -4.21. The van der Waals surface area contributed by atoms with Gasteiger partial charge in [-0.1, -0.05) is 30.3 Å². The zero-order valence-electron chi connectivity index (χ0n) is 18.5. The Morgan fingerprint density at radius 3 is 2.09 bits per heavy atom. The lowest BCUT2D eigenvalue weighted by Crippen LogP contribution is -2.32. The molecule has 0 bridgehead atoms. The molecule has 1 heterocycles. The number of carbonyl (C=O) groups is 1. The third kappa shape index (κ3) is 6.73. The molecule has 1 aliphatic rings. The number of ether oxygens (including phenoxy) is 1. The van der Waals surface area contributed by atoms with Gasteiger partial charge in [0.15, 0.2) is 0 Å². The molecule has 1 atom stereocenters. The minimum Gasteiger partial charge on any atom is -0.371 e. The Hall–Kier alpha value is -2.59. The minimum atomic E-state index is -5.05. The van der Waals surface area contributed by atoms with E-state index >= 15 is 0 Å². The van der Waals surface area contributed by atoms with Gasteiger partial charge in [0.25, 0.3) is 0 Å². The predicted molar refractivity (Wildman–Crippen MR) is 115 cm³/mol. The SMILES string of the molecule is CC(=O)NCC(OCC1CCNCC1)c1cc(C(F)(F)F)c(-c2ccccc2)c(C(F)(F)F)c1. The Morgan fingerprint density at radius 1 is 1.03 bits per heavy atom. The standard InChI is InChI=1S/C24H26F6N2O2/c1-15(33)32-13-21(34-14-16-7-9-31-10-8-16)18-11-19(23(25,26)27)22(17-5-3-2-4-6-17)20(12-18)24(28,29)30/h2-6,11-12,16,21,31H,7-10,13-14H2,1H3,(H,32,33). The topological polar surface area (TPSA) is 50.4 Å². The molecule has 10 heteroatoms. The van der Waals surface area contributed by atoms with Gasteiger partial charge in [-0.15, -0.1) is 0 Å². The number of rotatable bonds is 7. The summed E-state index contributed by atoms with van der Waals surface area (Å²) in [5.74, 6) is -0.350. The van der Waals surface area contributed by atoms with Crippen LogP contribution in [0.15, 0.2) is 42.5 Å². The molecule has 0 spiro atoms. The van der Waals surface area contributed by atoms with Gasteiger partial charge in [0.2, 0.25) is 5.91 Å². The number of piperidine rings is 1. The summed E-state index contributed by atoms with van der Waals surface area (Å²) in [4.78, 5) is 11.4. The van der Waals surface area contributed by atoms with Gasteiger partial charge in [-0.25, -0.2) is 0 Å². The molecule has 1 unspecified atom stereocenters. The highest BCUT2D eigenvalue weighted by molar-refractivity contribution is 5.74. The third-order valence-corrected chi connectivity index (χ3v) is 5.73. The molecule has 0 radical (unpaired) electrons. The van der Waals surface area contributed by atoms with Gasteiger partial charge in [-0.2, -0.15) is 26.3 Å². The number of hydrogen-bond acceptors (Lipinski definition) is 3. The molecule has 0 saturated carbocycles. The highest BCUT2D eigenvalue weighted by atomic mass is 19.4. The highest BCUT2D eigenvalue weighted by Gasteiger charge is 2.42. The van der Waals surface area contributed by atoms with Crippen LogP contribution < -0.4 is 10.6 Å². The van der Waals surface area contributed by atoms with E-state index in [1.54, 1.807) is 0 Å². The zero-order valence-corrected chi connectivity index (χ0v) is 18.5. The number of halogens is 6. The summed E-state index contributed by atoms with van der Waals surface area (Å²) in [6.07, 6.45) is -9.71. The Balaban J connectivity index is 2.10. The van der Waals surface area contributed by atoms with Crippen molar-refractivity contribution in [3.8, 4) is 11.1 Å². The van der Waals surface area contributed by atoms with Crippen molar-refractivity contribution in [1.29, 1.82) is 0 Å². The van der Waals surface area contributed by atoms with E-state index in [1.165, 1.54) is 37.3 Å². The lowest BCUT2D eigenvalue weighted by molar-refractivity contribution is -0.142. The van der Waals surface area contributed by atoms with Crippen molar-refractivity contribution in [2.45, 2.75) is 38.2 Å². The molecule has 4 nitrogen and oxygen atoms in total. The van der Waals surface area contributed by atoms with Crippen molar-refractivity contribution in [3.05, 3.63) is 59.2 Å². The second-order valence-corrected chi connectivity index (χ2v) is 8.31. The Kier molecular flexibility index (Phi) is 8.25. The first-order chi connectivity index (χ1) is 16.0. The summed E-state index contributed by atoms with van der Waals surface area (Å²) >= 11 is 0. The quantitative estimate of drug-likeness (QED) is 0.500. The van der Waals surface area contributed by atoms with Crippen LogP contribution in [0.1, 0.15) is 42.6 Å². The molecule has 34 heavy (non-hydrogen) atoms. The number of nitrogens with one attached hydrogen (secondary N) is 2. The van der Waals surface area contributed by atoms with Crippen LogP contribution in [0.25, 0.3) is 11.1 Å². The Labute approximate surface area is 193 Å². The van der Waals surface area contributed by atoms with E-state index < -0.39 is 41.1 Å². The average molecular weight is 488 g/mol. The molecular formula is C24H26F6N2O2. The molecule has 1 aliphatic heterocycles. The highest BCUT2D eigenvalue weighted by Crippen LogP contribution is 2.46. The lowest BCUT2D eigenvalue weighted by Gasteiger charge is -2.27. The molecule has 1 fully saturated rings. The van der Waals surface area contributed by atoms with Crippen LogP contribution in [0.4, 0.5) is 26.3 Å². The van der Waals surface area contributed by atoms with E-state index in [-0.39, 0.29) is 30.2 Å². The van der Waals surface area contributed by atoms with Crippen LogP contribution in [-0.2, 0) is 21.9 Å². The minimum absolute atomic E-state index is 0.119. The van der Waals surface area contributed by atoms with Gasteiger partial charge in [0.05, 0.1) is 23.8 Å². The molecule has 2 N–H and O–H groups in total. The summed E-state index contributed by atoms with van der Waals surface area (Å²) in [5, 5.41) is 5.64. The van der Waals surface area contributed by atoms with E-state index in [0.29, 0.717) is 12.1 Å². The molecule has 186 valence electrons. The van der Waals surface area contributed by atoms with E-state index in [1.807, 2.05) is 0 Å². The first kappa shape index (κ1) is 26.0. The van der Waals surface area contributed by atoms with Gasteiger partial charge in [-0.3, -0.25) is 4.79 Å². The molecular weight excluding hydrogens is 462 g/mol. The lowest BCUT2D eigenvalue weighted by atomic mass is 9.90. The van der Waals surface area contributed by atoms with Crippen LogP contribution >= 0.6 is 0 Å². The second-order valence-electron chi connectivity index (χ2n) is 8.31. The summed E-state index contributed by atoms with van der Waals surface area (Å²) < 4.78 is 90.1. The fraction of sp³-hybridized carbons (Fsp3) is 0.458. The predicted octanol–water partition coefficient (Wildman–Crippen LogP) is 5.58. The maximum atomic E-state index is 14.1. The number of amides is 1. The van der Waals surface area contributed by atoms with Crippen LogP contribution in [0.3, 0.4) is 0 Å². The van der Waals surface area contributed by atoms with Crippen LogP contribution in [-0.4, -0.2) is 32.1 Å². The van der Waals surface area contributed by atoms with Gasteiger partial charge in [0.1, 0.15) is 0 Å². The summed E-state index contributed by atoms with van der Waals surface area (Å²) in [6, 6.07) is 8.09. The van der Waals surface area contributed by atoms with Crippen molar-refractivity contribution < 1.29 is 35.9 Å². The number of alkyl halides is 6. The van der Waals surface area contributed by atoms with E-state index in [9.17, 15) is 31.1 Å². The molecule has 3 rings (SSSR count). The monoisotopic (exact) mass is 488 g/mol. The third-order valence-electron chi connectivity index (χ3n) is 5.73. The molecule has 2 aromatic rings. The second kappa shape index (κ2) is 10.8. The fourth-order valence-electron chi connectivity index (χ4n) is 4.02. The van der Waals surface area contributed by atoms with Crippen molar-refractivity contribution in [2.75, 3.05) is 26.2 Å². The van der Waals surface area contributed by atoms with Crippen LogP contribution in [0, 0.1) is 5.92 Å². The van der Waals surface area contributed by atoms with Gasteiger partial charge < -0.3 is 15.4 Å². The molecule has 0 aromatic heterocycles. The Morgan fingerprint density at radius 2 is 1.59 bits per heavy atom. The molecule has 2 aromatic carbocycles. The number of benzene rings is 2. The molecule has 1 amide bonds. The summed E-state index contributed by atoms with van der Waals surface area (Å²) in [6.45, 7) is 2.64. The van der Waals surface area contributed by atoms with E-state index in [0.717, 1.165) is 25.9 Å². The first-order valence-electron chi connectivity index (χ1n) is 10.9. The largest absolute Gasteiger partial charge is 0.417 e. The number of hydrogen-bond donors (Lipinski definition) is 2. The van der Waals surface area contributed by atoms with Crippen LogP contribution in [0.2, 0.25) is 0 Å². The smallest absolute Gasteiger partial charge is 0.371 e. The van der Waals surface area contributed by atoms with E-state index in [2.05, 4.69) is 10.6 Å². The molecule has 1 saturated heterocycles. The maximum Gasteiger partial charge on any atom is 0.417 e. The zero-order chi connectivity index (χ0) is 24.9.